The molecule has 4 heteroatoms. The molecule has 98 valence electrons. The van der Waals surface area contributed by atoms with Crippen molar-refractivity contribution in [1.29, 1.82) is 0 Å². The van der Waals surface area contributed by atoms with E-state index in [-0.39, 0.29) is 24.2 Å². The summed E-state index contributed by atoms with van der Waals surface area (Å²) in [6.45, 7) is 4.58. The summed E-state index contributed by atoms with van der Waals surface area (Å²) < 4.78 is 0. The van der Waals surface area contributed by atoms with Crippen LogP contribution in [0.1, 0.15) is 32.3 Å². The molecule has 0 bridgehead atoms. The number of carboxylic acid groups (broad SMARTS) is 1. The van der Waals surface area contributed by atoms with E-state index in [4.69, 9.17) is 5.11 Å². The van der Waals surface area contributed by atoms with Gasteiger partial charge < -0.3 is 10.4 Å². The van der Waals surface area contributed by atoms with Gasteiger partial charge in [-0.05, 0) is 5.56 Å². The second-order valence-corrected chi connectivity index (χ2v) is 4.92. The molecule has 1 aromatic carbocycles. The van der Waals surface area contributed by atoms with Crippen molar-refractivity contribution in [2.75, 3.05) is 6.54 Å². The summed E-state index contributed by atoms with van der Waals surface area (Å²) in [5, 5.41) is 11.3. The van der Waals surface area contributed by atoms with Crippen molar-refractivity contribution in [3.8, 4) is 0 Å². The Morgan fingerprint density at radius 1 is 1.17 bits per heavy atom. The summed E-state index contributed by atoms with van der Waals surface area (Å²) in [6.07, 6.45) is -0.0994. The van der Waals surface area contributed by atoms with Crippen molar-refractivity contribution in [2.45, 2.75) is 32.1 Å². The first kappa shape index (κ1) is 14.2. The Morgan fingerprint density at radius 2 is 1.78 bits per heavy atom. The molecule has 0 spiro atoms. The second kappa shape index (κ2) is 6.19. The number of amides is 1. The first-order valence-electron chi connectivity index (χ1n) is 5.96. The van der Waals surface area contributed by atoms with Crippen LogP contribution in [0, 0.1) is 0 Å². The van der Waals surface area contributed by atoms with E-state index >= 15 is 0 Å². The molecule has 0 aliphatic heterocycles. The van der Waals surface area contributed by atoms with Gasteiger partial charge >= 0.3 is 5.97 Å². The number of rotatable bonds is 6. The van der Waals surface area contributed by atoms with Gasteiger partial charge in [0.2, 0.25) is 5.91 Å². The number of aliphatic carboxylic acids is 1. The SMILES string of the molecule is CC(C)(CNC(=O)CCC(=O)O)c1ccccc1. The molecule has 4 nitrogen and oxygen atoms in total. The molecule has 0 atom stereocenters. The van der Waals surface area contributed by atoms with Crippen molar-refractivity contribution in [3.63, 3.8) is 0 Å². The third-order valence-electron chi connectivity index (χ3n) is 2.85. The van der Waals surface area contributed by atoms with Gasteiger partial charge in [0.05, 0.1) is 6.42 Å². The topological polar surface area (TPSA) is 66.4 Å². The molecule has 0 unspecified atom stereocenters. The lowest BCUT2D eigenvalue weighted by Crippen LogP contribution is -2.36. The highest BCUT2D eigenvalue weighted by molar-refractivity contribution is 5.80. The monoisotopic (exact) mass is 249 g/mol. The number of benzene rings is 1. The Hall–Kier alpha value is -1.84. The van der Waals surface area contributed by atoms with E-state index in [1.807, 2.05) is 44.2 Å². The predicted molar refractivity (Wildman–Crippen MR) is 69.3 cm³/mol. The van der Waals surface area contributed by atoms with Gasteiger partial charge in [-0.25, -0.2) is 0 Å². The van der Waals surface area contributed by atoms with Crippen LogP contribution >= 0.6 is 0 Å². The minimum Gasteiger partial charge on any atom is -0.481 e. The molecule has 2 N–H and O–H groups in total. The molecule has 0 radical (unpaired) electrons. The summed E-state index contributed by atoms with van der Waals surface area (Å²) in [5.41, 5.74) is 0.976. The van der Waals surface area contributed by atoms with Crippen LogP contribution in [0.15, 0.2) is 30.3 Å². The lowest BCUT2D eigenvalue weighted by atomic mass is 9.84. The standard InChI is InChI=1S/C14H19NO3/c1-14(2,11-6-4-3-5-7-11)10-15-12(16)8-9-13(17)18/h3-7H,8-10H2,1-2H3,(H,15,16)(H,17,18). The smallest absolute Gasteiger partial charge is 0.303 e. The molecule has 1 rings (SSSR count). The number of nitrogens with one attached hydrogen (secondary N) is 1. The van der Waals surface area contributed by atoms with E-state index in [1.165, 1.54) is 0 Å². The van der Waals surface area contributed by atoms with Gasteiger partial charge in [0.15, 0.2) is 0 Å². The molecule has 0 aliphatic carbocycles. The van der Waals surface area contributed by atoms with Crippen LogP contribution in [0.3, 0.4) is 0 Å². The fraction of sp³-hybridized carbons (Fsp3) is 0.429. The van der Waals surface area contributed by atoms with Gasteiger partial charge in [0.1, 0.15) is 0 Å². The summed E-state index contributed by atoms with van der Waals surface area (Å²) in [7, 11) is 0. The Kier molecular flexibility index (Phi) is 4.89. The van der Waals surface area contributed by atoms with E-state index in [0.29, 0.717) is 6.54 Å². The minimum atomic E-state index is -0.951. The Morgan fingerprint density at radius 3 is 2.33 bits per heavy atom. The quantitative estimate of drug-likeness (QED) is 0.809. The van der Waals surface area contributed by atoms with Crippen molar-refractivity contribution in [3.05, 3.63) is 35.9 Å². The van der Waals surface area contributed by atoms with E-state index < -0.39 is 5.97 Å². The third-order valence-corrected chi connectivity index (χ3v) is 2.85. The minimum absolute atomic E-state index is 0.0280. The van der Waals surface area contributed by atoms with Gasteiger partial charge in [0.25, 0.3) is 0 Å². The summed E-state index contributed by atoms with van der Waals surface area (Å²) in [4.78, 5) is 21.8. The number of carbonyl (C=O) groups excluding carboxylic acids is 1. The lowest BCUT2D eigenvalue weighted by Gasteiger charge is -2.25. The van der Waals surface area contributed by atoms with Crippen LogP contribution < -0.4 is 5.32 Å². The maximum Gasteiger partial charge on any atom is 0.303 e. The maximum atomic E-state index is 11.5. The van der Waals surface area contributed by atoms with Gasteiger partial charge in [-0.2, -0.15) is 0 Å². The molecule has 0 heterocycles. The molecular formula is C14H19NO3. The zero-order valence-corrected chi connectivity index (χ0v) is 10.8. The summed E-state index contributed by atoms with van der Waals surface area (Å²) in [6, 6.07) is 9.91. The Bertz CT molecular complexity index is 412. The zero-order chi connectivity index (χ0) is 13.6. The van der Waals surface area contributed by atoms with Crippen LogP contribution in [-0.2, 0) is 15.0 Å². The number of carboxylic acids is 1. The van der Waals surface area contributed by atoms with Crippen molar-refractivity contribution >= 4 is 11.9 Å². The van der Waals surface area contributed by atoms with Crippen molar-refractivity contribution in [1.82, 2.24) is 5.32 Å². The molecule has 0 aromatic heterocycles. The van der Waals surface area contributed by atoms with E-state index in [1.54, 1.807) is 0 Å². The average molecular weight is 249 g/mol. The highest BCUT2D eigenvalue weighted by Crippen LogP contribution is 2.21. The number of hydrogen-bond acceptors (Lipinski definition) is 2. The molecule has 0 aliphatic rings. The fourth-order valence-electron chi connectivity index (χ4n) is 1.62. The van der Waals surface area contributed by atoms with Gasteiger partial charge in [0, 0.05) is 18.4 Å². The van der Waals surface area contributed by atoms with Crippen LogP contribution in [0.4, 0.5) is 0 Å². The van der Waals surface area contributed by atoms with E-state index in [2.05, 4.69) is 5.32 Å². The number of hydrogen-bond donors (Lipinski definition) is 2. The normalized spacial score (nSPS) is 11.0. The summed E-state index contributed by atoms with van der Waals surface area (Å²) in [5.74, 6) is -1.17. The van der Waals surface area contributed by atoms with Gasteiger partial charge in [-0.3, -0.25) is 9.59 Å². The largest absolute Gasteiger partial charge is 0.481 e. The molecule has 0 fully saturated rings. The van der Waals surface area contributed by atoms with Crippen LogP contribution in [-0.4, -0.2) is 23.5 Å². The van der Waals surface area contributed by atoms with Crippen molar-refractivity contribution < 1.29 is 14.7 Å². The van der Waals surface area contributed by atoms with Crippen molar-refractivity contribution in [2.24, 2.45) is 0 Å². The van der Waals surface area contributed by atoms with Crippen LogP contribution in [0.25, 0.3) is 0 Å². The fourth-order valence-corrected chi connectivity index (χ4v) is 1.62. The first-order valence-corrected chi connectivity index (χ1v) is 5.96. The lowest BCUT2D eigenvalue weighted by molar-refractivity contribution is -0.138. The first-order chi connectivity index (χ1) is 8.42. The van der Waals surface area contributed by atoms with E-state index in [0.717, 1.165) is 5.56 Å². The third kappa shape index (κ3) is 4.57. The molecule has 1 aromatic rings. The van der Waals surface area contributed by atoms with E-state index in [9.17, 15) is 9.59 Å². The number of carbonyl (C=O) groups is 2. The maximum absolute atomic E-state index is 11.5. The van der Waals surface area contributed by atoms with Crippen LogP contribution in [0.2, 0.25) is 0 Å². The van der Waals surface area contributed by atoms with Gasteiger partial charge in [-0.1, -0.05) is 44.2 Å². The second-order valence-electron chi connectivity index (χ2n) is 4.92. The Balaban J connectivity index is 2.47. The van der Waals surface area contributed by atoms with Crippen LogP contribution in [0.5, 0.6) is 0 Å². The molecule has 0 saturated carbocycles. The molecular weight excluding hydrogens is 230 g/mol. The highest BCUT2D eigenvalue weighted by Gasteiger charge is 2.21. The molecule has 1 amide bonds. The Labute approximate surface area is 107 Å². The predicted octanol–water partition coefficient (Wildman–Crippen LogP) is 1.95. The van der Waals surface area contributed by atoms with Gasteiger partial charge in [-0.15, -0.1) is 0 Å². The molecule has 0 saturated heterocycles. The summed E-state index contributed by atoms with van der Waals surface area (Å²) >= 11 is 0. The highest BCUT2D eigenvalue weighted by atomic mass is 16.4. The molecule has 18 heavy (non-hydrogen) atoms. The zero-order valence-electron chi connectivity index (χ0n) is 10.8. The average Bonchev–Trinajstić information content (AvgIpc) is 2.35.